The molecule has 0 unspecified atom stereocenters. The highest BCUT2D eigenvalue weighted by molar-refractivity contribution is 5.92. The van der Waals surface area contributed by atoms with E-state index >= 15 is 0 Å². The largest absolute Gasteiger partial charge is 0.380 e. The molecule has 0 bridgehead atoms. The Hall–Kier alpha value is -1.69. The van der Waals surface area contributed by atoms with E-state index in [-0.39, 0.29) is 5.91 Å². The SMILES string of the molecule is CNc1ccc(C(=O)N2CCCOCC2)nn1. The third-order valence-electron chi connectivity index (χ3n) is 2.65. The number of hydrogen-bond donors (Lipinski definition) is 1. The van der Waals surface area contributed by atoms with Crippen molar-refractivity contribution >= 4 is 11.7 Å². The van der Waals surface area contributed by atoms with Crippen LogP contribution < -0.4 is 5.32 Å². The van der Waals surface area contributed by atoms with Crippen LogP contribution in [0.4, 0.5) is 5.82 Å². The number of hydrogen-bond acceptors (Lipinski definition) is 5. The second-order valence-corrected chi connectivity index (χ2v) is 3.81. The van der Waals surface area contributed by atoms with E-state index in [1.54, 1.807) is 24.1 Å². The first kappa shape index (κ1) is 11.8. The van der Waals surface area contributed by atoms with Crippen LogP contribution in [0.1, 0.15) is 16.9 Å². The number of nitrogens with zero attached hydrogens (tertiary/aromatic N) is 3. The summed E-state index contributed by atoms with van der Waals surface area (Å²) in [6, 6.07) is 3.43. The van der Waals surface area contributed by atoms with Crippen LogP contribution in [0.3, 0.4) is 0 Å². The standard InChI is InChI=1S/C11H16N4O2/c1-12-10-4-3-9(13-14-10)11(16)15-5-2-7-17-8-6-15/h3-4H,2,5-8H2,1H3,(H,12,14). The molecule has 2 heterocycles. The predicted octanol–water partition coefficient (Wildman–Crippen LogP) is 0.381. The third kappa shape index (κ3) is 2.91. The normalized spacial score (nSPS) is 16.4. The summed E-state index contributed by atoms with van der Waals surface area (Å²) in [5.74, 6) is 0.575. The molecule has 1 aromatic rings. The van der Waals surface area contributed by atoms with Crippen molar-refractivity contribution in [1.29, 1.82) is 0 Å². The Morgan fingerprint density at radius 3 is 2.94 bits per heavy atom. The maximum absolute atomic E-state index is 12.1. The van der Waals surface area contributed by atoms with Crippen LogP contribution in [0.15, 0.2) is 12.1 Å². The molecule has 6 nitrogen and oxygen atoms in total. The average Bonchev–Trinajstić information content (AvgIpc) is 2.67. The first-order chi connectivity index (χ1) is 8.31. The van der Waals surface area contributed by atoms with Gasteiger partial charge in [-0.2, -0.15) is 0 Å². The van der Waals surface area contributed by atoms with Gasteiger partial charge in [0.05, 0.1) is 6.61 Å². The van der Waals surface area contributed by atoms with Gasteiger partial charge in [-0.25, -0.2) is 0 Å². The molecule has 1 aliphatic heterocycles. The molecule has 0 radical (unpaired) electrons. The molecular formula is C11H16N4O2. The van der Waals surface area contributed by atoms with Gasteiger partial charge in [-0.15, -0.1) is 10.2 Å². The molecule has 1 fully saturated rings. The van der Waals surface area contributed by atoms with Gasteiger partial charge in [-0.05, 0) is 18.6 Å². The smallest absolute Gasteiger partial charge is 0.274 e. The Bertz CT molecular complexity index is 372. The zero-order valence-electron chi connectivity index (χ0n) is 9.85. The van der Waals surface area contributed by atoms with Crippen LogP contribution >= 0.6 is 0 Å². The zero-order valence-corrected chi connectivity index (χ0v) is 9.85. The van der Waals surface area contributed by atoms with Gasteiger partial charge in [0.1, 0.15) is 5.82 Å². The summed E-state index contributed by atoms with van der Waals surface area (Å²) in [7, 11) is 1.76. The molecule has 1 N–H and O–H groups in total. The van der Waals surface area contributed by atoms with E-state index in [0.717, 1.165) is 6.42 Å². The van der Waals surface area contributed by atoms with Crippen molar-refractivity contribution in [3.8, 4) is 0 Å². The van der Waals surface area contributed by atoms with E-state index in [4.69, 9.17) is 4.74 Å². The molecule has 0 atom stereocenters. The molecule has 0 aliphatic carbocycles. The van der Waals surface area contributed by atoms with Gasteiger partial charge in [0.2, 0.25) is 0 Å². The topological polar surface area (TPSA) is 67.4 Å². The maximum Gasteiger partial charge on any atom is 0.274 e. The molecule has 1 amide bonds. The van der Waals surface area contributed by atoms with Gasteiger partial charge in [-0.3, -0.25) is 4.79 Å². The first-order valence-corrected chi connectivity index (χ1v) is 5.70. The van der Waals surface area contributed by atoms with Crippen LogP contribution in [-0.4, -0.2) is 54.4 Å². The summed E-state index contributed by atoms with van der Waals surface area (Å²) in [6.45, 7) is 2.64. The molecule has 92 valence electrons. The highest BCUT2D eigenvalue weighted by Gasteiger charge is 2.18. The number of ether oxygens (including phenoxy) is 1. The van der Waals surface area contributed by atoms with E-state index in [1.807, 2.05) is 0 Å². The van der Waals surface area contributed by atoms with E-state index in [0.29, 0.717) is 37.8 Å². The minimum atomic E-state index is -0.0781. The number of amides is 1. The Morgan fingerprint density at radius 2 is 2.24 bits per heavy atom. The predicted molar refractivity (Wildman–Crippen MR) is 62.9 cm³/mol. The number of nitrogens with one attached hydrogen (secondary N) is 1. The van der Waals surface area contributed by atoms with E-state index in [1.165, 1.54) is 0 Å². The Labute approximate surface area is 100.0 Å². The number of carbonyl (C=O) groups excluding carboxylic acids is 1. The molecule has 0 spiro atoms. The van der Waals surface area contributed by atoms with Crippen molar-refractivity contribution in [1.82, 2.24) is 15.1 Å². The zero-order chi connectivity index (χ0) is 12.1. The lowest BCUT2D eigenvalue weighted by molar-refractivity contribution is 0.0734. The van der Waals surface area contributed by atoms with Crippen molar-refractivity contribution in [2.24, 2.45) is 0 Å². The molecule has 0 saturated carbocycles. The van der Waals surface area contributed by atoms with Gasteiger partial charge in [-0.1, -0.05) is 0 Å². The van der Waals surface area contributed by atoms with E-state index < -0.39 is 0 Å². The molecule has 0 aromatic carbocycles. The van der Waals surface area contributed by atoms with Crippen LogP contribution in [0.2, 0.25) is 0 Å². The van der Waals surface area contributed by atoms with Crippen molar-refractivity contribution in [2.45, 2.75) is 6.42 Å². The number of carbonyl (C=O) groups is 1. The highest BCUT2D eigenvalue weighted by Crippen LogP contribution is 2.07. The van der Waals surface area contributed by atoms with Crippen molar-refractivity contribution in [3.63, 3.8) is 0 Å². The van der Waals surface area contributed by atoms with Crippen LogP contribution in [0.5, 0.6) is 0 Å². The van der Waals surface area contributed by atoms with Gasteiger partial charge in [0.25, 0.3) is 5.91 Å². The minimum absolute atomic E-state index is 0.0781. The fourth-order valence-corrected chi connectivity index (χ4v) is 1.69. The fraction of sp³-hybridized carbons (Fsp3) is 0.545. The summed E-state index contributed by atoms with van der Waals surface area (Å²) in [6.07, 6.45) is 0.869. The van der Waals surface area contributed by atoms with Crippen molar-refractivity contribution in [2.75, 3.05) is 38.7 Å². The maximum atomic E-state index is 12.1. The molecule has 1 saturated heterocycles. The summed E-state index contributed by atoms with van der Waals surface area (Å²) in [5.41, 5.74) is 0.380. The van der Waals surface area contributed by atoms with Crippen molar-refractivity contribution < 1.29 is 9.53 Å². The van der Waals surface area contributed by atoms with Crippen LogP contribution in [-0.2, 0) is 4.74 Å². The fourth-order valence-electron chi connectivity index (χ4n) is 1.69. The Kier molecular flexibility index (Phi) is 3.87. The number of rotatable bonds is 2. The average molecular weight is 236 g/mol. The minimum Gasteiger partial charge on any atom is -0.380 e. The van der Waals surface area contributed by atoms with E-state index in [2.05, 4.69) is 15.5 Å². The lowest BCUT2D eigenvalue weighted by Gasteiger charge is -2.18. The molecule has 2 rings (SSSR count). The summed E-state index contributed by atoms with van der Waals surface area (Å²) in [4.78, 5) is 13.9. The highest BCUT2D eigenvalue weighted by atomic mass is 16.5. The Balaban J connectivity index is 2.06. The molecule has 1 aromatic heterocycles. The third-order valence-corrected chi connectivity index (χ3v) is 2.65. The number of anilines is 1. The summed E-state index contributed by atoms with van der Waals surface area (Å²) < 4.78 is 5.31. The van der Waals surface area contributed by atoms with Gasteiger partial charge < -0.3 is 15.0 Å². The lowest BCUT2D eigenvalue weighted by atomic mass is 10.3. The Morgan fingerprint density at radius 1 is 1.35 bits per heavy atom. The van der Waals surface area contributed by atoms with Gasteiger partial charge >= 0.3 is 0 Å². The second kappa shape index (κ2) is 5.58. The molecular weight excluding hydrogens is 220 g/mol. The first-order valence-electron chi connectivity index (χ1n) is 5.70. The second-order valence-electron chi connectivity index (χ2n) is 3.81. The van der Waals surface area contributed by atoms with Gasteiger partial charge in [0.15, 0.2) is 5.69 Å². The lowest BCUT2D eigenvalue weighted by Crippen LogP contribution is -2.33. The summed E-state index contributed by atoms with van der Waals surface area (Å²) >= 11 is 0. The summed E-state index contributed by atoms with van der Waals surface area (Å²) in [5, 5.41) is 10.7. The number of aromatic nitrogens is 2. The van der Waals surface area contributed by atoms with Crippen LogP contribution in [0.25, 0.3) is 0 Å². The molecule has 6 heteroatoms. The quantitative estimate of drug-likeness (QED) is 0.804. The van der Waals surface area contributed by atoms with Gasteiger partial charge in [0, 0.05) is 26.7 Å². The molecule has 1 aliphatic rings. The van der Waals surface area contributed by atoms with Crippen LogP contribution in [0, 0.1) is 0 Å². The molecule has 17 heavy (non-hydrogen) atoms. The van der Waals surface area contributed by atoms with E-state index in [9.17, 15) is 4.79 Å². The monoisotopic (exact) mass is 236 g/mol. The van der Waals surface area contributed by atoms with Crippen molar-refractivity contribution in [3.05, 3.63) is 17.8 Å².